The van der Waals surface area contributed by atoms with Gasteiger partial charge in [0.2, 0.25) is 0 Å². The molecule has 0 aromatic heterocycles. The van der Waals surface area contributed by atoms with E-state index in [-0.39, 0.29) is 27.8 Å². The van der Waals surface area contributed by atoms with Crippen molar-refractivity contribution < 1.29 is 19.7 Å². The Kier molecular flexibility index (Phi) is 6.33. The molecule has 2 aromatic carbocycles. The van der Waals surface area contributed by atoms with E-state index in [9.17, 15) is 40.5 Å². The molecule has 0 aliphatic carbocycles. The minimum Gasteiger partial charge on any atom is -0.258 e. The van der Waals surface area contributed by atoms with Crippen molar-refractivity contribution in [3.63, 3.8) is 0 Å². The molecule has 0 atom stereocenters. The van der Waals surface area contributed by atoms with Gasteiger partial charge in [0.25, 0.3) is 22.7 Å². The fourth-order valence-electron chi connectivity index (χ4n) is 2.80. The molecule has 0 saturated heterocycles. The van der Waals surface area contributed by atoms with Crippen LogP contribution in [0.15, 0.2) is 28.8 Å². The van der Waals surface area contributed by atoms with Crippen molar-refractivity contribution in [3.8, 4) is 0 Å². The van der Waals surface area contributed by atoms with Gasteiger partial charge in [-0.3, -0.25) is 40.5 Å². The SMILES string of the molecule is Cc1c([N+](=O)[O-])cc(C(=C(Cl)Cl)c2cc([N+](=O)[O-])c(C)c([N+](=O)[O-])c2)cc1[N+](=O)[O-]. The van der Waals surface area contributed by atoms with Crippen molar-refractivity contribution in [2.75, 3.05) is 0 Å². The first-order valence-electron chi connectivity index (χ1n) is 7.79. The van der Waals surface area contributed by atoms with E-state index in [1.807, 2.05) is 0 Å². The van der Waals surface area contributed by atoms with Crippen LogP contribution >= 0.6 is 23.2 Å². The van der Waals surface area contributed by atoms with E-state index >= 15 is 0 Å². The van der Waals surface area contributed by atoms with Crippen LogP contribution in [-0.2, 0) is 0 Å². The van der Waals surface area contributed by atoms with E-state index in [0.29, 0.717) is 0 Å². The first-order chi connectivity index (χ1) is 13.9. The maximum atomic E-state index is 11.3. The third kappa shape index (κ3) is 4.18. The minimum atomic E-state index is -0.856. The molecule has 0 heterocycles. The Morgan fingerprint density at radius 3 is 1.03 bits per heavy atom. The Morgan fingerprint density at radius 1 is 0.633 bits per heavy atom. The number of nitro groups is 4. The molecule has 30 heavy (non-hydrogen) atoms. The Morgan fingerprint density at radius 2 is 0.867 bits per heavy atom. The van der Waals surface area contributed by atoms with Crippen LogP contribution in [0.3, 0.4) is 0 Å². The molecule has 0 saturated carbocycles. The number of hydrogen-bond donors (Lipinski definition) is 0. The third-order valence-electron chi connectivity index (χ3n) is 4.26. The Bertz CT molecular complexity index is 1000. The maximum absolute atomic E-state index is 11.3. The first-order valence-corrected chi connectivity index (χ1v) is 8.55. The molecule has 0 spiro atoms. The standard InChI is InChI=1S/C16H10Cl2N4O8/c1-7-11(19(23)24)3-9(4-12(7)20(25)26)15(16(17)18)10-5-13(21(27)28)8(2)14(6-10)22(29)30/h3-6H,1-2H3. The molecule has 0 fully saturated rings. The number of nitrogens with zero attached hydrogens (tertiary/aromatic N) is 4. The van der Waals surface area contributed by atoms with Gasteiger partial charge in [0.05, 0.1) is 19.7 Å². The lowest BCUT2D eigenvalue weighted by Gasteiger charge is -2.11. The Balaban J connectivity index is 2.94. The zero-order valence-corrected chi connectivity index (χ0v) is 16.6. The highest BCUT2D eigenvalue weighted by molar-refractivity contribution is 6.59. The molecule has 12 nitrogen and oxygen atoms in total. The van der Waals surface area contributed by atoms with Crippen LogP contribution in [0.2, 0.25) is 0 Å². The van der Waals surface area contributed by atoms with Gasteiger partial charge >= 0.3 is 0 Å². The van der Waals surface area contributed by atoms with Crippen molar-refractivity contribution in [2.45, 2.75) is 13.8 Å². The molecule has 0 amide bonds. The van der Waals surface area contributed by atoms with Gasteiger partial charge in [0, 0.05) is 29.8 Å². The predicted molar refractivity (Wildman–Crippen MR) is 107 cm³/mol. The summed E-state index contributed by atoms with van der Waals surface area (Å²) in [7, 11) is 0. The second-order valence-corrected chi connectivity index (χ2v) is 6.89. The number of nitro benzene ring substituents is 4. The summed E-state index contributed by atoms with van der Waals surface area (Å²) in [4.78, 5) is 41.9. The van der Waals surface area contributed by atoms with Crippen LogP contribution < -0.4 is 0 Å². The summed E-state index contributed by atoms with van der Waals surface area (Å²) < 4.78 is -0.560. The van der Waals surface area contributed by atoms with Crippen molar-refractivity contribution in [1.82, 2.24) is 0 Å². The number of hydrogen-bond acceptors (Lipinski definition) is 8. The van der Waals surface area contributed by atoms with E-state index < -0.39 is 46.9 Å². The smallest absolute Gasteiger partial charge is 0.258 e. The summed E-state index contributed by atoms with van der Waals surface area (Å²) in [5.41, 5.74) is -3.68. The molecule has 0 N–H and O–H groups in total. The predicted octanol–water partition coefficient (Wildman–Crippen LogP) is 5.13. The van der Waals surface area contributed by atoms with Gasteiger partial charge in [-0.05, 0) is 25.0 Å². The van der Waals surface area contributed by atoms with Gasteiger partial charge < -0.3 is 0 Å². The topological polar surface area (TPSA) is 173 Å². The molecule has 14 heteroatoms. The van der Waals surface area contributed by atoms with Crippen molar-refractivity contribution in [3.05, 3.63) is 91.5 Å². The Labute approximate surface area is 176 Å². The lowest BCUT2D eigenvalue weighted by molar-refractivity contribution is -0.395. The number of halogens is 2. The monoisotopic (exact) mass is 456 g/mol. The van der Waals surface area contributed by atoms with Gasteiger partial charge in [0.1, 0.15) is 15.6 Å². The molecular weight excluding hydrogens is 447 g/mol. The van der Waals surface area contributed by atoms with Gasteiger partial charge in [0.15, 0.2) is 0 Å². The van der Waals surface area contributed by atoms with Crippen molar-refractivity contribution in [1.29, 1.82) is 0 Å². The van der Waals surface area contributed by atoms with Crippen LogP contribution in [0.4, 0.5) is 22.7 Å². The molecule has 0 aliphatic rings. The largest absolute Gasteiger partial charge is 0.279 e. The zero-order valence-electron chi connectivity index (χ0n) is 15.1. The third-order valence-corrected chi connectivity index (χ3v) is 4.64. The van der Waals surface area contributed by atoms with Crippen LogP contribution in [0.1, 0.15) is 22.3 Å². The Hall–Kier alpha value is -3.64. The van der Waals surface area contributed by atoms with Crippen LogP contribution in [-0.4, -0.2) is 19.7 Å². The summed E-state index contributed by atoms with van der Waals surface area (Å²) in [5, 5.41) is 45.3. The fraction of sp³-hybridized carbons (Fsp3) is 0.125. The molecule has 0 unspecified atom stereocenters. The van der Waals surface area contributed by atoms with Crippen LogP contribution in [0.5, 0.6) is 0 Å². The fourth-order valence-corrected chi connectivity index (χ4v) is 3.24. The van der Waals surface area contributed by atoms with Crippen molar-refractivity contribution >= 4 is 51.5 Å². The summed E-state index contributed by atoms with van der Waals surface area (Å²) in [6.45, 7) is 2.35. The average Bonchev–Trinajstić information content (AvgIpc) is 2.62. The summed E-state index contributed by atoms with van der Waals surface area (Å²) in [5.74, 6) is 0. The molecule has 2 rings (SSSR count). The molecule has 0 bridgehead atoms. The molecule has 0 aliphatic heterocycles. The summed E-state index contributed by atoms with van der Waals surface area (Å²) >= 11 is 11.8. The van der Waals surface area contributed by atoms with Gasteiger partial charge in [-0.2, -0.15) is 0 Å². The van der Waals surface area contributed by atoms with Gasteiger partial charge in [-0.25, -0.2) is 0 Å². The van der Waals surface area contributed by atoms with E-state index in [1.165, 1.54) is 13.8 Å². The zero-order chi connectivity index (χ0) is 22.9. The molecule has 156 valence electrons. The minimum absolute atomic E-state index is 0.216. The highest BCUT2D eigenvalue weighted by Crippen LogP contribution is 2.40. The lowest BCUT2D eigenvalue weighted by atomic mass is 9.94. The molecule has 0 radical (unpaired) electrons. The van der Waals surface area contributed by atoms with Gasteiger partial charge in [-0.1, -0.05) is 23.2 Å². The lowest BCUT2D eigenvalue weighted by Crippen LogP contribution is -2.03. The highest BCUT2D eigenvalue weighted by atomic mass is 35.5. The van der Waals surface area contributed by atoms with E-state index in [4.69, 9.17) is 23.2 Å². The van der Waals surface area contributed by atoms with Crippen molar-refractivity contribution in [2.24, 2.45) is 0 Å². The normalized spacial score (nSPS) is 10.4. The first kappa shape index (κ1) is 22.6. The molecular formula is C16H10Cl2N4O8. The van der Waals surface area contributed by atoms with E-state index in [1.54, 1.807) is 0 Å². The summed E-state index contributed by atoms with van der Waals surface area (Å²) in [6, 6.07) is 3.78. The highest BCUT2D eigenvalue weighted by Gasteiger charge is 2.29. The van der Waals surface area contributed by atoms with Gasteiger partial charge in [-0.15, -0.1) is 0 Å². The second kappa shape index (κ2) is 8.39. The number of benzene rings is 2. The summed E-state index contributed by atoms with van der Waals surface area (Å²) in [6.07, 6.45) is 0. The van der Waals surface area contributed by atoms with E-state index in [0.717, 1.165) is 24.3 Å². The second-order valence-electron chi connectivity index (χ2n) is 5.94. The quantitative estimate of drug-likeness (QED) is 0.424. The average molecular weight is 457 g/mol. The van der Waals surface area contributed by atoms with E-state index in [2.05, 4.69) is 0 Å². The maximum Gasteiger partial charge on any atom is 0.279 e. The van der Waals surface area contributed by atoms with Crippen LogP contribution in [0.25, 0.3) is 5.57 Å². The van der Waals surface area contributed by atoms with Crippen LogP contribution in [0, 0.1) is 54.3 Å². The number of rotatable bonds is 6. The molecule has 2 aromatic rings.